The lowest BCUT2D eigenvalue weighted by atomic mass is 9.99. The molecule has 0 saturated heterocycles. The van der Waals surface area contributed by atoms with Crippen LogP contribution in [0.15, 0.2) is 77.7 Å². The van der Waals surface area contributed by atoms with Gasteiger partial charge in [0.2, 0.25) is 5.91 Å². The smallest absolute Gasteiger partial charge is 0.319 e. The normalized spacial score (nSPS) is 15.6. The molecule has 2 atom stereocenters. The first-order chi connectivity index (χ1) is 21.1. The molecule has 0 spiro atoms. The van der Waals surface area contributed by atoms with Crippen molar-refractivity contribution in [2.75, 3.05) is 35.7 Å². The van der Waals surface area contributed by atoms with Crippen LogP contribution in [0.3, 0.4) is 0 Å². The van der Waals surface area contributed by atoms with Crippen LogP contribution in [0.1, 0.15) is 32.8 Å². The van der Waals surface area contributed by atoms with Gasteiger partial charge in [-0.15, -0.1) is 11.8 Å². The van der Waals surface area contributed by atoms with Crippen molar-refractivity contribution >= 4 is 41.0 Å². The zero-order valence-corrected chi connectivity index (χ0v) is 26.1. The van der Waals surface area contributed by atoms with Crippen LogP contribution in [0.4, 0.5) is 16.2 Å². The van der Waals surface area contributed by atoms with E-state index in [2.05, 4.69) is 21.3 Å². The molecule has 44 heavy (non-hydrogen) atoms. The summed E-state index contributed by atoms with van der Waals surface area (Å²) in [5.41, 5.74) is 3.51. The van der Waals surface area contributed by atoms with Crippen LogP contribution in [0, 0.1) is 0 Å². The molecule has 1 aliphatic heterocycles. The lowest BCUT2D eigenvalue weighted by Gasteiger charge is -2.29. The zero-order chi connectivity index (χ0) is 31.7. The maximum Gasteiger partial charge on any atom is 0.319 e. The Bertz CT molecular complexity index is 1450. The van der Waals surface area contributed by atoms with Crippen LogP contribution in [-0.2, 0) is 16.1 Å². The number of aliphatic hydroxyl groups is 2. The summed E-state index contributed by atoms with van der Waals surface area (Å²) in [6, 6.07) is 21.9. The predicted octanol–water partition coefficient (Wildman–Crippen LogP) is 3.73. The van der Waals surface area contributed by atoms with Gasteiger partial charge in [0.25, 0.3) is 5.91 Å². The number of anilines is 2. The highest BCUT2D eigenvalue weighted by Gasteiger charge is 2.33. The lowest BCUT2D eigenvalue weighted by Crippen LogP contribution is -2.52. The van der Waals surface area contributed by atoms with E-state index in [1.54, 1.807) is 23.6 Å². The van der Waals surface area contributed by atoms with E-state index in [9.17, 15) is 19.5 Å². The number of thioether (sulfide) groups is 1. The molecule has 234 valence electrons. The molecule has 3 aromatic rings. The maximum atomic E-state index is 13.9. The van der Waals surface area contributed by atoms with Crippen molar-refractivity contribution in [1.29, 1.82) is 0 Å². The topological polar surface area (TPSA) is 143 Å². The number of carbonyl (C=O) groups is 3. The number of amides is 4. The second-order valence-electron chi connectivity index (χ2n) is 11.5. The van der Waals surface area contributed by atoms with Gasteiger partial charge in [-0.05, 0) is 50.1 Å². The molecule has 6 N–H and O–H groups in total. The number of para-hydroxylation sites is 2. The first kappa shape index (κ1) is 33.0. The van der Waals surface area contributed by atoms with Gasteiger partial charge in [-0.3, -0.25) is 9.59 Å². The van der Waals surface area contributed by atoms with E-state index < -0.39 is 23.7 Å². The number of carbonyl (C=O) groups excluding carboxylic acids is 3. The van der Waals surface area contributed by atoms with Crippen molar-refractivity contribution in [2.45, 2.75) is 56.3 Å². The van der Waals surface area contributed by atoms with Gasteiger partial charge in [-0.2, -0.15) is 0 Å². The van der Waals surface area contributed by atoms with Crippen molar-refractivity contribution in [3.63, 3.8) is 0 Å². The summed E-state index contributed by atoms with van der Waals surface area (Å²) in [6.45, 7) is 6.16. The molecule has 0 unspecified atom stereocenters. The van der Waals surface area contributed by atoms with Gasteiger partial charge in [0, 0.05) is 41.3 Å². The summed E-state index contributed by atoms with van der Waals surface area (Å²) in [7, 11) is 0. The van der Waals surface area contributed by atoms with Crippen LogP contribution < -0.4 is 26.2 Å². The largest absolute Gasteiger partial charge is 0.395 e. The molecule has 4 amide bonds. The van der Waals surface area contributed by atoms with Gasteiger partial charge >= 0.3 is 6.03 Å². The third-order valence-electron chi connectivity index (χ3n) is 7.12. The number of nitrogens with zero attached hydrogens (tertiary/aromatic N) is 1. The molecule has 0 bridgehead atoms. The molecule has 0 aliphatic carbocycles. The lowest BCUT2D eigenvalue weighted by molar-refractivity contribution is -0.127. The monoisotopic (exact) mass is 619 g/mol. The molecular formula is C33H41N5O5S. The highest BCUT2D eigenvalue weighted by atomic mass is 32.2. The second kappa shape index (κ2) is 15.2. The Morgan fingerprint density at radius 2 is 1.75 bits per heavy atom. The fourth-order valence-corrected chi connectivity index (χ4v) is 5.98. The number of rotatable bonds is 12. The van der Waals surface area contributed by atoms with Gasteiger partial charge in [0.05, 0.1) is 30.6 Å². The number of hydrogen-bond acceptors (Lipinski definition) is 7. The summed E-state index contributed by atoms with van der Waals surface area (Å²) < 4.78 is 0. The SMILES string of the molecule is C[C@@H](O)CNC(C)(C)CC(=O)N[C@@H]1CSc2ccccc2N(Cc2ccc(-c3ccccc3NC(=O)NCCO)cc2)C1=O. The predicted molar refractivity (Wildman–Crippen MR) is 175 cm³/mol. The Kier molecular flexibility index (Phi) is 11.4. The molecule has 0 radical (unpaired) electrons. The molecular weight excluding hydrogens is 578 g/mol. The number of benzene rings is 3. The van der Waals surface area contributed by atoms with E-state index in [0.717, 1.165) is 27.3 Å². The van der Waals surface area contributed by atoms with E-state index >= 15 is 0 Å². The third kappa shape index (κ3) is 9.06. The van der Waals surface area contributed by atoms with Crippen molar-refractivity contribution in [3.8, 4) is 11.1 Å². The molecule has 11 heteroatoms. The first-order valence-electron chi connectivity index (χ1n) is 14.7. The van der Waals surface area contributed by atoms with E-state index in [0.29, 0.717) is 24.5 Å². The number of urea groups is 1. The van der Waals surface area contributed by atoms with E-state index in [1.807, 2.05) is 86.6 Å². The Morgan fingerprint density at radius 1 is 1.05 bits per heavy atom. The molecule has 3 aromatic carbocycles. The standard InChI is InChI=1S/C33H41N5O5S/c1-22(40)19-35-33(2,3)18-30(41)36-27-21-44-29-11-7-6-10-28(29)38(31(27)42)20-23-12-14-24(15-13-23)25-8-4-5-9-26(25)37-32(43)34-16-17-39/h4-15,22,27,35,39-40H,16-21H2,1-3H3,(H,36,41)(H2,34,37,43)/t22-,27-/m1/s1. The van der Waals surface area contributed by atoms with E-state index in [4.69, 9.17) is 5.11 Å². The average molecular weight is 620 g/mol. The zero-order valence-electron chi connectivity index (χ0n) is 25.3. The quantitative estimate of drug-likeness (QED) is 0.181. The van der Waals surface area contributed by atoms with E-state index in [1.165, 1.54) is 0 Å². The van der Waals surface area contributed by atoms with Crippen LogP contribution in [-0.4, -0.2) is 71.2 Å². The van der Waals surface area contributed by atoms with Crippen molar-refractivity contribution in [3.05, 3.63) is 78.4 Å². The van der Waals surface area contributed by atoms with Gasteiger partial charge in [0.15, 0.2) is 0 Å². The number of nitrogens with one attached hydrogen (secondary N) is 4. The van der Waals surface area contributed by atoms with Crippen molar-refractivity contribution < 1.29 is 24.6 Å². The summed E-state index contributed by atoms with van der Waals surface area (Å²) >= 11 is 1.54. The molecule has 0 saturated carbocycles. The highest BCUT2D eigenvalue weighted by Crippen LogP contribution is 2.35. The molecule has 4 rings (SSSR count). The minimum absolute atomic E-state index is 0.146. The minimum Gasteiger partial charge on any atom is -0.395 e. The Labute approximate surface area is 262 Å². The van der Waals surface area contributed by atoms with E-state index in [-0.39, 0.29) is 31.4 Å². The summed E-state index contributed by atoms with van der Waals surface area (Å²) in [5.74, 6) is -0.00788. The van der Waals surface area contributed by atoms with Crippen molar-refractivity contribution in [1.82, 2.24) is 16.0 Å². The minimum atomic E-state index is -0.707. The first-order valence-corrected chi connectivity index (χ1v) is 15.6. The molecule has 0 fully saturated rings. The van der Waals surface area contributed by atoms with Crippen LogP contribution in [0.5, 0.6) is 0 Å². The van der Waals surface area contributed by atoms with Crippen LogP contribution in [0.2, 0.25) is 0 Å². The Morgan fingerprint density at radius 3 is 2.48 bits per heavy atom. The number of fused-ring (bicyclic) bond motifs is 1. The van der Waals surface area contributed by atoms with Crippen molar-refractivity contribution in [2.24, 2.45) is 0 Å². The van der Waals surface area contributed by atoms with Gasteiger partial charge < -0.3 is 36.4 Å². The molecule has 0 aromatic heterocycles. The fraction of sp³-hybridized carbons (Fsp3) is 0.364. The average Bonchev–Trinajstić information content (AvgIpc) is 3.12. The number of hydrogen-bond donors (Lipinski definition) is 6. The van der Waals surface area contributed by atoms with Gasteiger partial charge in [-0.25, -0.2) is 4.79 Å². The number of aliphatic hydroxyl groups excluding tert-OH is 2. The summed E-state index contributed by atoms with van der Waals surface area (Å²) in [5, 5.41) is 30.2. The maximum absolute atomic E-state index is 13.9. The number of β-amino-alcohol motifs (C(OH)–C–C–N with tert-alkyl or cyclic N) is 1. The Balaban J connectivity index is 1.50. The van der Waals surface area contributed by atoms with Crippen LogP contribution in [0.25, 0.3) is 11.1 Å². The van der Waals surface area contributed by atoms with Gasteiger partial charge in [-0.1, -0.05) is 54.6 Å². The second-order valence-corrected chi connectivity index (χ2v) is 12.5. The third-order valence-corrected chi connectivity index (χ3v) is 8.27. The molecule has 10 nitrogen and oxygen atoms in total. The van der Waals surface area contributed by atoms with Gasteiger partial charge in [0.1, 0.15) is 6.04 Å². The summed E-state index contributed by atoms with van der Waals surface area (Å²) in [4.78, 5) is 41.9. The summed E-state index contributed by atoms with van der Waals surface area (Å²) in [6.07, 6.45) is -0.379. The van der Waals surface area contributed by atoms with Crippen LogP contribution >= 0.6 is 11.8 Å². The molecule has 1 aliphatic rings. The fourth-order valence-electron chi connectivity index (χ4n) is 4.91. The highest BCUT2D eigenvalue weighted by molar-refractivity contribution is 7.99. The molecule has 1 heterocycles. The Hall–Kier alpha value is -3.90.